The standard InChI is InChI=1S/C10H16ClN3S.ClH/c1-7-5-14(3-2-8(7)12)6-10-13-4-9(11)15-10;/h4,7-8H,2-3,5-6,12H2,1H3;1H. The summed E-state index contributed by atoms with van der Waals surface area (Å²) < 4.78 is 0.770. The fraction of sp³-hybridized carbons (Fsp3) is 0.700. The zero-order valence-electron chi connectivity index (χ0n) is 9.23. The predicted molar refractivity (Wildman–Crippen MR) is 71.4 cm³/mol. The molecule has 0 spiro atoms. The number of thiazole rings is 1. The van der Waals surface area contributed by atoms with Gasteiger partial charge in [-0.25, -0.2) is 4.98 Å². The molecular weight excluding hydrogens is 265 g/mol. The van der Waals surface area contributed by atoms with Crippen LogP contribution in [0.15, 0.2) is 6.20 Å². The van der Waals surface area contributed by atoms with Crippen molar-refractivity contribution in [1.29, 1.82) is 0 Å². The molecule has 3 nitrogen and oxygen atoms in total. The molecule has 1 aromatic heterocycles. The van der Waals surface area contributed by atoms with Crippen LogP contribution in [0.1, 0.15) is 18.4 Å². The molecule has 0 amide bonds. The maximum atomic E-state index is 5.98. The van der Waals surface area contributed by atoms with Crippen molar-refractivity contribution in [2.75, 3.05) is 13.1 Å². The molecule has 16 heavy (non-hydrogen) atoms. The van der Waals surface area contributed by atoms with Crippen molar-refractivity contribution in [1.82, 2.24) is 9.88 Å². The fourth-order valence-electron chi connectivity index (χ4n) is 1.95. The van der Waals surface area contributed by atoms with Crippen molar-refractivity contribution in [2.24, 2.45) is 11.7 Å². The number of hydrogen-bond acceptors (Lipinski definition) is 4. The number of halogens is 2. The van der Waals surface area contributed by atoms with Crippen LogP contribution in [-0.2, 0) is 6.54 Å². The average molecular weight is 282 g/mol. The Morgan fingerprint density at radius 2 is 2.44 bits per heavy atom. The van der Waals surface area contributed by atoms with Crippen LogP contribution in [0.2, 0.25) is 4.34 Å². The van der Waals surface area contributed by atoms with Crippen molar-refractivity contribution in [2.45, 2.75) is 25.9 Å². The lowest BCUT2D eigenvalue weighted by Crippen LogP contribution is -2.45. The number of rotatable bonds is 2. The molecule has 1 aliphatic heterocycles. The first-order valence-corrected chi connectivity index (χ1v) is 6.42. The monoisotopic (exact) mass is 281 g/mol. The number of nitrogens with two attached hydrogens (primary N) is 1. The molecule has 1 fully saturated rings. The third-order valence-corrected chi connectivity index (χ3v) is 4.04. The van der Waals surface area contributed by atoms with E-state index in [0.717, 1.165) is 35.4 Å². The van der Waals surface area contributed by atoms with Crippen LogP contribution in [0.5, 0.6) is 0 Å². The van der Waals surface area contributed by atoms with Crippen molar-refractivity contribution in [3.63, 3.8) is 0 Å². The van der Waals surface area contributed by atoms with Crippen LogP contribution in [0.4, 0.5) is 0 Å². The quantitative estimate of drug-likeness (QED) is 0.905. The summed E-state index contributed by atoms with van der Waals surface area (Å²) in [5.41, 5.74) is 5.98. The highest BCUT2D eigenvalue weighted by atomic mass is 35.5. The van der Waals surface area contributed by atoms with E-state index in [-0.39, 0.29) is 12.4 Å². The Hall–Kier alpha value is 0.130. The molecule has 1 saturated heterocycles. The molecule has 0 aromatic carbocycles. The van der Waals surface area contributed by atoms with Gasteiger partial charge in [0.25, 0.3) is 0 Å². The fourth-order valence-corrected chi connectivity index (χ4v) is 2.95. The Labute approximate surface area is 111 Å². The van der Waals surface area contributed by atoms with Gasteiger partial charge < -0.3 is 5.73 Å². The summed E-state index contributed by atoms with van der Waals surface area (Å²) in [4.78, 5) is 6.67. The summed E-state index contributed by atoms with van der Waals surface area (Å²) >= 11 is 7.41. The molecule has 92 valence electrons. The molecule has 1 aromatic rings. The van der Waals surface area contributed by atoms with E-state index < -0.39 is 0 Å². The Morgan fingerprint density at radius 3 is 3.00 bits per heavy atom. The summed E-state index contributed by atoms with van der Waals surface area (Å²) in [6.07, 6.45) is 2.81. The molecule has 0 aliphatic carbocycles. The highest BCUT2D eigenvalue weighted by Gasteiger charge is 2.23. The summed E-state index contributed by atoms with van der Waals surface area (Å²) in [5, 5.41) is 1.10. The highest BCUT2D eigenvalue weighted by Crippen LogP contribution is 2.22. The SMILES string of the molecule is CC1CN(Cc2ncc(Cl)s2)CCC1N.Cl. The lowest BCUT2D eigenvalue weighted by Gasteiger charge is -2.34. The van der Waals surface area contributed by atoms with E-state index >= 15 is 0 Å². The Kier molecular flexibility index (Phi) is 5.47. The normalized spacial score (nSPS) is 26.4. The van der Waals surface area contributed by atoms with Crippen molar-refractivity contribution >= 4 is 35.3 Å². The van der Waals surface area contributed by atoms with Gasteiger partial charge in [-0.3, -0.25) is 4.90 Å². The van der Waals surface area contributed by atoms with Crippen LogP contribution < -0.4 is 5.73 Å². The summed E-state index contributed by atoms with van der Waals surface area (Å²) in [5.74, 6) is 0.578. The van der Waals surface area contributed by atoms with E-state index in [2.05, 4.69) is 16.8 Å². The lowest BCUT2D eigenvalue weighted by atomic mass is 9.95. The topological polar surface area (TPSA) is 42.2 Å². The second kappa shape index (κ2) is 6.17. The first-order chi connectivity index (χ1) is 7.15. The molecule has 0 saturated carbocycles. The van der Waals surface area contributed by atoms with Crippen LogP contribution in [-0.4, -0.2) is 29.0 Å². The van der Waals surface area contributed by atoms with Crippen LogP contribution in [0, 0.1) is 5.92 Å². The van der Waals surface area contributed by atoms with Crippen molar-refractivity contribution in [3.05, 3.63) is 15.5 Å². The van der Waals surface area contributed by atoms with E-state index in [1.165, 1.54) is 0 Å². The number of hydrogen-bond donors (Lipinski definition) is 1. The van der Waals surface area contributed by atoms with Gasteiger partial charge in [-0.15, -0.1) is 23.7 Å². The number of aromatic nitrogens is 1. The zero-order chi connectivity index (χ0) is 10.8. The van der Waals surface area contributed by atoms with Gasteiger partial charge in [0.2, 0.25) is 0 Å². The summed E-state index contributed by atoms with van der Waals surface area (Å²) in [6.45, 7) is 5.27. The van der Waals surface area contributed by atoms with E-state index in [1.54, 1.807) is 17.5 Å². The first-order valence-electron chi connectivity index (χ1n) is 5.23. The summed E-state index contributed by atoms with van der Waals surface area (Å²) in [7, 11) is 0. The van der Waals surface area contributed by atoms with E-state index in [0.29, 0.717) is 12.0 Å². The van der Waals surface area contributed by atoms with Gasteiger partial charge in [0.05, 0.1) is 12.7 Å². The lowest BCUT2D eigenvalue weighted by molar-refractivity contribution is 0.157. The molecule has 0 bridgehead atoms. The second-order valence-corrected chi connectivity index (χ2v) is 5.97. The van der Waals surface area contributed by atoms with E-state index in [4.69, 9.17) is 17.3 Å². The van der Waals surface area contributed by atoms with Gasteiger partial charge in [-0.05, 0) is 12.3 Å². The van der Waals surface area contributed by atoms with Gasteiger partial charge in [0.1, 0.15) is 9.34 Å². The molecule has 2 rings (SSSR count). The largest absolute Gasteiger partial charge is 0.327 e. The Morgan fingerprint density at radius 1 is 1.69 bits per heavy atom. The zero-order valence-corrected chi connectivity index (χ0v) is 11.6. The Balaban J connectivity index is 0.00000128. The number of likely N-dealkylation sites (tertiary alicyclic amines) is 1. The third kappa shape index (κ3) is 3.57. The van der Waals surface area contributed by atoms with Gasteiger partial charge >= 0.3 is 0 Å². The molecule has 2 N–H and O–H groups in total. The minimum Gasteiger partial charge on any atom is -0.327 e. The molecule has 2 unspecified atom stereocenters. The van der Waals surface area contributed by atoms with Crippen LogP contribution in [0.25, 0.3) is 0 Å². The Bertz CT molecular complexity index is 332. The van der Waals surface area contributed by atoms with Gasteiger partial charge in [0, 0.05) is 19.1 Å². The van der Waals surface area contributed by atoms with E-state index in [1.807, 2.05) is 0 Å². The minimum atomic E-state index is 0. The average Bonchev–Trinajstić information content (AvgIpc) is 2.58. The molecular formula is C10H17Cl2N3S. The van der Waals surface area contributed by atoms with Crippen LogP contribution in [0.3, 0.4) is 0 Å². The van der Waals surface area contributed by atoms with Crippen LogP contribution >= 0.6 is 35.3 Å². The minimum absolute atomic E-state index is 0. The third-order valence-electron chi connectivity index (χ3n) is 2.94. The number of nitrogens with zero attached hydrogens (tertiary/aromatic N) is 2. The maximum absolute atomic E-state index is 5.98. The molecule has 2 atom stereocenters. The van der Waals surface area contributed by atoms with Crippen molar-refractivity contribution in [3.8, 4) is 0 Å². The van der Waals surface area contributed by atoms with Crippen molar-refractivity contribution < 1.29 is 0 Å². The second-order valence-electron chi connectivity index (χ2n) is 4.22. The predicted octanol–water partition coefficient (Wildman–Crippen LogP) is 2.39. The molecule has 1 aliphatic rings. The van der Waals surface area contributed by atoms with Gasteiger partial charge in [-0.1, -0.05) is 18.5 Å². The van der Waals surface area contributed by atoms with Gasteiger partial charge in [-0.2, -0.15) is 0 Å². The molecule has 0 radical (unpaired) electrons. The highest BCUT2D eigenvalue weighted by molar-refractivity contribution is 7.15. The molecule has 6 heteroatoms. The maximum Gasteiger partial charge on any atom is 0.113 e. The number of piperidine rings is 1. The van der Waals surface area contributed by atoms with Gasteiger partial charge in [0.15, 0.2) is 0 Å². The summed E-state index contributed by atoms with van der Waals surface area (Å²) in [6, 6.07) is 0.362. The first kappa shape index (κ1) is 14.2. The smallest absolute Gasteiger partial charge is 0.113 e. The molecule has 2 heterocycles. The van der Waals surface area contributed by atoms with E-state index in [9.17, 15) is 0 Å².